The summed E-state index contributed by atoms with van der Waals surface area (Å²) in [6.45, 7) is -1.49. The Morgan fingerprint density at radius 2 is 2.12 bits per heavy atom. The average molecular weight is 250 g/mol. The number of hydrogen-bond acceptors (Lipinski definition) is 3. The van der Waals surface area contributed by atoms with Crippen LogP contribution in [0, 0.1) is 0 Å². The van der Waals surface area contributed by atoms with E-state index in [1.165, 1.54) is 19.1 Å². The molecule has 1 aromatic carbocycles. The molecule has 0 amide bonds. The Labute approximate surface area is 96.1 Å². The highest BCUT2D eigenvalue weighted by molar-refractivity contribution is 6.33. The van der Waals surface area contributed by atoms with E-state index in [2.05, 4.69) is 4.74 Å². The van der Waals surface area contributed by atoms with Gasteiger partial charge in [-0.15, -0.1) is 11.6 Å². The van der Waals surface area contributed by atoms with Crippen LogP contribution < -0.4 is 10.5 Å². The summed E-state index contributed by atoms with van der Waals surface area (Å²) in [5, 5.41) is -0.733. The average Bonchev–Trinajstić information content (AvgIpc) is 2.19. The number of halogens is 3. The lowest BCUT2D eigenvalue weighted by Gasteiger charge is -2.09. The predicted octanol–water partition coefficient (Wildman–Crippen LogP) is 2.68. The van der Waals surface area contributed by atoms with Crippen LogP contribution in [0.2, 0.25) is 0 Å². The highest BCUT2D eigenvalue weighted by Crippen LogP contribution is 2.25. The fraction of sp³-hybridized carbons (Fsp3) is 0.300. The molecule has 0 spiro atoms. The molecule has 6 heteroatoms. The summed E-state index contributed by atoms with van der Waals surface area (Å²) in [7, 11) is 0. The molecular formula is C10H10ClF2NO2. The molecule has 16 heavy (non-hydrogen) atoms. The Morgan fingerprint density at radius 1 is 1.50 bits per heavy atom. The van der Waals surface area contributed by atoms with Gasteiger partial charge in [-0.2, -0.15) is 8.78 Å². The molecule has 0 saturated heterocycles. The van der Waals surface area contributed by atoms with Gasteiger partial charge in [0, 0.05) is 5.56 Å². The van der Waals surface area contributed by atoms with Crippen LogP contribution in [0.3, 0.4) is 0 Å². The first kappa shape index (κ1) is 12.7. The number of carbonyl (C=O) groups excluding carboxylic acids is 1. The van der Waals surface area contributed by atoms with Gasteiger partial charge >= 0.3 is 6.61 Å². The van der Waals surface area contributed by atoms with Crippen LogP contribution in [-0.4, -0.2) is 17.8 Å². The third-order valence-corrected chi connectivity index (χ3v) is 2.07. The van der Waals surface area contributed by atoms with Crippen molar-refractivity contribution in [2.24, 2.45) is 0 Å². The standard InChI is InChI=1S/C10H10ClF2NO2/c1-5(11)9(15)6-2-3-7(14)8(4-6)16-10(12)13/h2-5,10H,14H2,1H3. The maximum atomic E-state index is 12.0. The molecule has 0 saturated carbocycles. The number of benzene rings is 1. The summed E-state index contributed by atoms with van der Waals surface area (Å²) in [4.78, 5) is 11.5. The first-order chi connectivity index (χ1) is 7.41. The number of rotatable bonds is 4. The second kappa shape index (κ2) is 5.12. The molecule has 2 N–H and O–H groups in total. The van der Waals surface area contributed by atoms with Gasteiger partial charge in [-0.3, -0.25) is 4.79 Å². The third-order valence-electron chi connectivity index (χ3n) is 1.88. The van der Waals surface area contributed by atoms with Crippen LogP contribution >= 0.6 is 11.6 Å². The minimum absolute atomic E-state index is 0.0408. The molecule has 0 bridgehead atoms. The first-order valence-corrected chi connectivity index (χ1v) is 4.88. The maximum absolute atomic E-state index is 12.0. The fourth-order valence-electron chi connectivity index (χ4n) is 1.12. The molecule has 0 aliphatic rings. The lowest BCUT2D eigenvalue weighted by Crippen LogP contribution is -2.12. The van der Waals surface area contributed by atoms with Crippen LogP contribution in [0.15, 0.2) is 18.2 Å². The molecule has 1 atom stereocenters. The van der Waals surface area contributed by atoms with Gasteiger partial charge in [0.15, 0.2) is 5.78 Å². The second-order valence-electron chi connectivity index (χ2n) is 3.11. The zero-order valence-corrected chi connectivity index (χ0v) is 9.17. The maximum Gasteiger partial charge on any atom is 0.387 e. The van der Waals surface area contributed by atoms with Crippen molar-refractivity contribution < 1.29 is 18.3 Å². The highest BCUT2D eigenvalue weighted by Gasteiger charge is 2.15. The van der Waals surface area contributed by atoms with Gasteiger partial charge in [-0.05, 0) is 25.1 Å². The van der Waals surface area contributed by atoms with Crippen LogP contribution in [0.5, 0.6) is 5.75 Å². The third kappa shape index (κ3) is 3.06. The molecule has 0 fully saturated rings. The van der Waals surface area contributed by atoms with Crippen molar-refractivity contribution in [3.05, 3.63) is 23.8 Å². The van der Waals surface area contributed by atoms with Gasteiger partial charge in [-0.1, -0.05) is 0 Å². The van der Waals surface area contributed by atoms with Gasteiger partial charge < -0.3 is 10.5 Å². The van der Waals surface area contributed by atoms with E-state index < -0.39 is 12.0 Å². The van der Waals surface area contributed by atoms with Crippen molar-refractivity contribution in [2.75, 3.05) is 5.73 Å². The summed E-state index contributed by atoms with van der Waals surface area (Å²) in [5.74, 6) is -0.598. The number of alkyl halides is 3. The molecule has 0 radical (unpaired) electrons. The largest absolute Gasteiger partial charge is 0.433 e. The number of nitrogen functional groups attached to an aromatic ring is 1. The molecule has 1 unspecified atom stereocenters. The smallest absolute Gasteiger partial charge is 0.387 e. The molecule has 0 aromatic heterocycles. The molecule has 1 rings (SSSR count). The van der Waals surface area contributed by atoms with Crippen LogP contribution in [-0.2, 0) is 0 Å². The van der Waals surface area contributed by atoms with E-state index in [9.17, 15) is 13.6 Å². The van der Waals surface area contributed by atoms with E-state index in [0.29, 0.717) is 0 Å². The zero-order valence-electron chi connectivity index (χ0n) is 8.41. The van der Waals surface area contributed by atoms with Crippen molar-refractivity contribution in [2.45, 2.75) is 18.9 Å². The lowest BCUT2D eigenvalue weighted by atomic mass is 10.1. The van der Waals surface area contributed by atoms with Gasteiger partial charge in [-0.25, -0.2) is 0 Å². The summed E-state index contributed by atoms with van der Waals surface area (Å²) in [6, 6.07) is 3.89. The minimum Gasteiger partial charge on any atom is -0.433 e. The normalized spacial score (nSPS) is 12.6. The topological polar surface area (TPSA) is 52.3 Å². The van der Waals surface area contributed by atoms with E-state index >= 15 is 0 Å². The predicted molar refractivity (Wildman–Crippen MR) is 57.1 cm³/mol. The summed E-state index contributed by atoms with van der Waals surface area (Å²) in [6.07, 6.45) is 0. The molecule has 0 aliphatic carbocycles. The summed E-state index contributed by atoms with van der Waals surface area (Å²) < 4.78 is 28.2. The number of Topliss-reactive ketones (excluding diaryl/α,β-unsaturated/α-hetero) is 1. The molecule has 3 nitrogen and oxygen atoms in total. The Balaban J connectivity index is 3.02. The number of carbonyl (C=O) groups is 1. The summed E-state index contributed by atoms with van der Waals surface area (Å²) in [5.41, 5.74) is 5.64. The lowest BCUT2D eigenvalue weighted by molar-refractivity contribution is -0.0493. The number of nitrogens with two attached hydrogens (primary N) is 1. The number of anilines is 1. The molecule has 88 valence electrons. The van der Waals surface area contributed by atoms with Crippen LogP contribution in [0.4, 0.5) is 14.5 Å². The molecule has 0 heterocycles. The molecule has 1 aromatic rings. The van der Waals surface area contributed by atoms with Crippen molar-refractivity contribution in [1.29, 1.82) is 0 Å². The van der Waals surface area contributed by atoms with Crippen LogP contribution in [0.1, 0.15) is 17.3 Å². The Hall–Kier alpha value is -1.36. The van der Waals surface area contributed by atoms with Crippen molar-refractivity contribution >= 4 is 23.1 Å². The zero-order chi connectivity index (χ0) is 12.3. The van der Waals surface area contributed by atoms with Gasteiger partial charge in [0.25, 0.3) is 0 Å². The minimum atomic E-state index is -2.99. The van der Waals surface area contributed by atoms with E-state index in [-0.39, 0.29) is 22.8 Å². The van der Waals surface area contributed by atoms with E-state index in [1.54, 1.807) is 0 Å². The highest BCUT2D eigenvalue weighted by atomic mass is 35.5. The van der Waals surface area contributed by atoms with Crippen molar-refractivity contribution in [3.63, 3.8) is 0 Å². The monoisotopic (exact) mass is 249 g/mol. The van der Waals surface area contributed by atoms with E-state index in [0.717, 1.165) is 6.07 Å². The molecule has 0 aliphatic heterocycles. The van der Waals surface area contributed by atoms with Gasteiger partial charge in [0.1, 0.15) is 5.75 Å². The summed E-state index contributed by atoms with van der Waals surface area (Å²) >= 11 is 5.59. The van der Waals surface area contributed by atoms with Gasteiger partial charge in [0.05, 0.1) is 11.1 Å². The number of hydrogen-bond donors (Lipinski definition) is 1. The van der Waals surface area contributed by atoms with Crippen molar-refractivity contribution in [3.8, 4) is 5.75 Å². The Kier molecular flexibility index (Phi) is 4.06. The Morgan fingerprint density at radius 3 is 2.62 bits per heavy atom. The van der Waals surface area contributed by atoms with Crippen LogP contribution in [0.25, 0.3) is 0 Å². The Bertz CT molecular complexity index is 396. The van der Waals surface area contributed by atoms with E-state index in [4.69, 9.17) is 17.3 Å². The number of ketones is 1. The van der Waals surface area contributed by atoms with Gasteiger partial charge in [0.2, 0.25) is 0 Å². The SMILES string of the molecule is CC(Cl)C(=O)c1ccc(N)c(OC(F)F)c1. The quantitative estimate of drug-likeness (QED) is 0.507. The van der Waals surface area contributed by atoms with E-state index in [1.807, 2.05) is 0 Å². The van der Waals surface area contributed by atoms with Crippen molar-refractivity contribution in [1.82, 2.24) is 0 Å². The molecular weight excluding hydrogens is 240 g/mol. The number of ether oxygens (including phenoxy) is 1. The first-order valence-electron chi connectivity index (χ1n) is 4.44. The fourth-order valence-corrected chi connectivity index (χ4v) is 1.24. The second-order valence-corrected chi connectivity index (χ2v) is 3.77.